The SMILES string of the molecule is CC1CN(Cc2ccc(Cl)nn2)CC(C)O1. The van der Waals surface area contributed by atoms with E-state index in [0.29, 0.717) is 5.15 Å². The Morgan fingerprint density at radius 3 is 2.56 bits per heavy atom. The van der Waals surface area contributed by atoms with E-state index in [1.54, 1.807) is 6.07 Å². The minimum Gasteiger partial charge on any atom is -0.373 e. The van der Waals surface area contributed by atoms with Crippen molar-refractivity contribution in [2.24, 2.45) is 0 Å². The van der Waals surface area contributed by atoms with Crippen LogP contribution in [0.3, 0.4) is 0 Å². The summed E-state index contributed by atoms with van der Waals surface area (Å²) in [6.07, 6.45) is 0.563. The number of ether oxygens (including phenoxy) is 1. The zero-order valence-electron chi connectivity index (χ0n) is 9.56. The largest absolute Gasteiger partial charge is 0.373 e. The van der Waals surface area contributed by atoms with Crippen molar-refractivity contribution in [2.75, 3.05) is 13.1 Å². The van der Waals surface area contributed by atoms with Crippen LogP contribution in [0.15, 0.2) is 12.1 Å². The molecule has 1 aliphatic rings. The van der Waals surface area contributed by atoms with Crippen LogP contribution in [0.25, 0.3) is 0 Å². The topological polar surface area (TPSA) is 38.2 Å². The van der Waals surface area contributed by atoms with Gasteiger partial charge in [0.1, 0.15) is 0 Å². The number of rotatable bonds is 2. The standard InChI is InChI=1S/C11H16ClN3O/c1-8-5-15(6-9(2)16-8)7-10-3-4-11(12)14-13-10/h3-4,8-9H,5-7H2,1-2H3. The van der Waals surface area contributed by atoms with E-state index in [4.69, 9.17) is 16.3 Å². The highest BCUT2D eigenvalue weighted by Gasteiger charge is 2.22. The normalized spacial score (nSPS) is 26.9. The maximum absolute atomic E-state index is 5.69. The van der Waals surface area contributed by atoms with Crippen molar-refractivity contribution in [1.82, 2.24) is 15.1 Å². The first-order chi connectivity index (χ1) is 7.63. The van der Waals surface area contributed by atoms with Crippen LogP contribution in [-0.2, 0) is 11.3 Å². The molecule has 0 radical (unpaired) electrons. The third kappa shape index (κ3) is 3.14. The maximum atomic E-state index is 5.69. The Bertz CT molecular complexity index is 334. The Morgan fingerprint density at radius 2 is 2.00 bits per heavy atom. The highest BCUT2D eigenvalue weighted by atomic mass is 35.5. The van der Waals surface area contributed by atoms with E-state index in [2.05, 4.69) is 28.9 Å². The molecule has 1 fully saturated rings. The van der Waals surface area contributed by atoms with Crippen molar-refractivity contribution in [1.29, 1.82) is 0 Å². The van der Waals surface area contributed by atoms with E-state index >= 15 is 0 Å². The summed E-state index contributed by atoms with van der Waals surface area (Å²) >= 11 is 5.69. The van der Waals surface area contributed by atoms with Gasteiger partial charge in [0.15, 0.2) is 5.15 Å². The summed E-state index contributed by atoms with van der Waals surface area (Å²) < 4.78 is 5.67. The van der Waals surface area contributed by atoms with Gasteiger partial charge in [-0.05, 0) is 26.0 Å². The highest BCUT2D eigenvalue weighted by molar-refractivity contribution is 6.29. The van der Waals surface area contributed by atoms with Crippen LogP contribution in [0.1, 0.15) is 19.5 Å². The van der Waals surface area contributed by atoms with Gasteiger partial charge in [0.05, 0.1) is 17.9 Å². The molecular formula is C11H16ClN3O. The number of morpholine rings is 1. The van der Waals surface area contributed by atoms with Gasteiger partial charge >= 0.3 is 0 Å². The minimum absolute atomic E-state index is 0.281. The first kappa shape index (κ1) is 11.8. The lowest BCUT2D eigenvalue weighted by molar-refractivity contribution is -0.0708. The van der Waals surface area contributed by atoms with E-state index in [-0.39, 0.29) is 12.2 Å². The molecule has 2 heterocycles. The first-order valence-electron chi connectivity index (χ1n) is 5.49. The lowest BCUT2D eigenvalue weighted by Gasteiger charge is -2.34. The number of hydrogen-bond acceptors (Lipinski definition) is 4. The second kappa shape index (κ2) is 5.08. The molecule has 0 aromatic carbocycles. The molecular weight excluding hydrogens is 226 g/mol. The van der Waals surface area contributed by atoms with Gasteiger partial charge < -0.3 is 4.74 Å². The van der Waals surface area contributed by atoms with Gasteiger partial charge in [0.2, 0.25) is 0 Å². The zero-order valence-corrected chi connectivity index (χ0v) is 10.3. The second-order valence-corrected chi connectivity index (χ2v) is 4.69. The van der Waals surface area contributed by atoms with Gasteiger partial charge in [-0.3, -0.25) is 4.90 Å². The molecule has 0 amide bonds. The summed E-state index contributed by atoms with van der Waals surface area (Å²) in [5.74, 6) is 0. The molecule has 5 heteroatoms. The average Bonchev–Trinajstić information content (AvgIpc) is 2.20. The molecule has 0 spiro atoms. The predicted octanol–water partition coefficient (Wildman–Crippen LogP) is 1.74. The van der Waals surface area contributed by atoms with Crippen LogP contribution in [0.5, 0.6) is 0 Å². The van der Waals surface area contributed by atoms with Crippen molar-refractivity contribution in [3.63, 3.8) is 0 Å². The van der Waals surface area contributed by atoms with Crippen molar-refractivity contribution >= 4 is 11.6 Å². The Hall–Kier alpha value is -0.710. The summed E-state index contributed by atoms with van der Waals surface area (Å²) in [5, 5.41) is 8.34. The minimum atomic E-state index is 0.281. The van der Waals surface area contributed by atoms with E-state index in [9.17, 15) is 0 Å². The molecule has 0 aliphatic carbocycles. The van der Waals surface area contributed by atoms with E-state index in [1.165, 1.54) is 0 Å². The number of nitrogens with zero attached hydrogens (tertiary/aromatic N) is 3. The molecule has 4 nitrogen and oxygen atoms in total. The first-order valence-corrected chi connectivity index (χ1v) is 5.87. The fourth-order valence-electron chi connectivity index (χ4n) is 2.07. The number of hydrogen-bond donors (Lipinski definition) is 0. The number of halogens is 1. The number of aromatic nitrogens is 2. The van der Waals surface area contributed by atoms with E-state index in [1.807, 2.05) is 6.07 Å². The molecule has 1 aliphatic heterocycles. The molecule has 1 saturated heterocycles. The summed E-state index contributed by atoms with van der Waals surface area (Å²) in [5.41, 5.74) is 0.950. The fraction of sp³-hybridized carbons (Fsp3) is 0.636. The average molecular weight is 242 g/mol. The van der Waals surface area contributed by atoms with Crippen LogP contribution in [0.4, 0.5) is 0 Å². The van der Waals surface area contributed by atoms with Crippen molar-refractivity contribution in [3.8, 4) is 0 Å². The second-order valence-electron chi connectivity index (χ2n) is 4.30. The predicted molar refractivity (Wildman–Crippen MR) is 62.3 cm³/mol. The molecule has 0 N–H and O–H groups in total. The molecule has 2 atom stereocenters. The molecule has 1 aromatic rings. The Balaban J connectivity index is 1.96. The quantitative estimate of drug-likeness (QED) is 0.791. The monoisotopic (exact) mass is 241 g/mol. The fourth-order valence-corrected chi connectivity index (χ4v) is 2.17. The molecule has 88 valence electrons. The highest BCUT2D eigenvalue weighted by Crippen LogP contribution is 2.13. The van der Waals surface area contributed by atoms with E-state index in [0.717, 1.165) is 25.3 Å². The van der Waals surface area contributed by atoms with Crippen LogP contribution < -0.4 is 0 Å². The van der Waals surface area contributed by atoms with Gasteiger partial charge in [0, 0.05) is 19.6 Å². The maximum Gasteiger partial charge on any atom is 0.151 e. The van der Waals surface area contributed by atoms with E-state index < -0.39 is 0 Å². The Morgan fingerprint density at radius 1 is 1.31 bits per heavy atom. The Kier molecular flexibility index (Phi) is 3.74. The van der Waals surface area contributed by atoms with Gasteiger partial charge in [-0.15, -0.1) is 5.10 Å². The third-order valence-corrected chi connectivity index (χ3v) is 2.77. The molecule has 16 heavy (non-hydrogen) atoms. The van der Waals surface area contributed by atoms with Crippen molar-refractivity contribution in [2.45, 2.75) is 32.6 Å². The van der Waals surface area contributed by atoms with Gasteiger partial charge in [0.25, 0.3) is 0 Å². The lowest BCUT2D eigenvalue weighted by atomic mass is 10.2. The van der Waals surface area contributed by atoms with Crippen molar-refractivity contribution in [3.05, 3.63) is 23.0 Å². The van der Waals surface area contributed by atoms with Gasteiger partial charge in [-0.2, -0.15) is 5.10 Å². The van der Waals surface area contributed by atoms with Crippen LogP contribution in [0, 0.1) is 0 Å². The summed E-state index contributed by atoms with van der Waals surface area (Å²) in [6, 6.07) is 3.69. The third-order valence-electron chi connectivity index (χ3n) is 2.57. The summed E-state index contributed by atoms with van der Waals surface area (Å²) in [7, 11) is 0. The molecule has 0 bridgehead atoms. The summed E-state index contributed by atoms with van der Waals surface area (Å²) in [6.45, 7) is 6.87. The van der Waals surface area contributed by atoms with Crippen LogP contribution >= 0.6 is 11.6 Å². The van der Waals surface area contributed by atoms with Crippen molar-refractivity contribution < 1.29 is 4.74 Å². The Labute approximate surface area is 101 Å². The van der Waals surface area contributed by atoms with Crippen LogP contribution in [-0.4, -0.2) is 40.4 Å². The van der Waals surface area contributed by atoms with Crippen LogP contribution in [0.2, 0.25) is 5.15 Å². The zero-order chi connectivity index (χ0) is 11.5. The molecule has 0 saturated carbocycles. The molecule has 1 aromatic heterocycles. The van der Waals surface area contributed by atoms with Gasteiger partial charge in [-0.1, -0.05) is 11.6 Å². The lowest BCUT2D eigenvalue weighted by Crippen LogP contribution is -2.44. The molecule has 2 unspecified atom stereocenters. The molecule has 2 rings (SSSR count). The van der Waals surface area contributed by atoms with Gasteiger partial charge in [-0.25, -0.2) is 0 Å². The summed E-state index contributed by atoms with van der Waals surface area (Å²) in [4.78, 5) is 2.33. The smallest absolute Gasteiger partial charge is 0.151 e.